The van der Waals surface area contributed by atoms with Crippen LogP contribution in [-0.4, -0.2) is 59.5 Å². The Kier molecular flexibility index (Phi) is 10.6. The maximum Gasteiger partial charge on any atom is 0.229 e. The lowest BCUT2D eigenvalue weighted by molar-refractivity contribution is 0.0547. The first-order valence-corrected chi connectivity index (χ1v) is 11.1. The molecule has 0 saturated carbocycles. The molecule has 0 radical (unpaired) electrons. The number of anilines is 3. The second-order valence-corrected chi connectivity index (χ2v) is 7.34. The van der Waals surface area contributed by atoms with E-state index in [4.69, 9.17) is 26.8 Å². The summed E-state index contributed by atoms with van der Waals surface area (Å²) in [5.41, 5.74) is 7.32. The molecule has 3 rings (SSSR count). The zero-order chi connectivity index (χ0) is 23.1. The molecule has 3 aromatic rings. The van der Waals surface area contributed by atoms with Gasteiger partial charge in [-0.15, -0.1) is 0 Å². The van der Waals surface area contributed by atoms with Crippen LogP contribution in [0.4, 0.5) is 17.8 Å². The average molecular weight is 473 g/mol. The van der Waals surface area contributed by atoms with E-state index in [1.54, 1.807) is 6.20 Å². The largest absolute Gasteiger partial charge is 0.378 e. The van der Waals surface area contributed by atoms with Gasteiger partial charge in [0.2, 0.25) is 17.8 Å². The van der Waals surface area contributed by atoms with Crippen LogP contribution < -0.4 is 21.7 Å². The molecular formula is C22H29ClN8O2. The fourth-order valence-corrected chi connectivity index (χ4v) is 2.84. The molecule has 2 heterocycles. The van der Waals surface area contributed by atoms with Crippen molar-refractivity contribution >= 4 is 29.4 Å². The summed E-state index contributed by atoms with van der Waals surface area (Å²) in [6.45, 7) is 4.13. The standard InChI is InChI=1S/C22H29ClN8O2/c23-18-6-4-17(5-7-18)15-27-21-29-20(26-10-12-33-14-13-32-11-8-24)30-22(31-21)28-16-19-3-1-2-9-25-19/h1-7,9H,8,10-16,24H2,(H3,26,27,28,29,30,31). The third-order valence-electron chi connectivity index (χ3n) is 4.32. The number of nitrogens with zero attached hydrogens (tertiary/aromatic N) is 4. The van der Waals surface area contributed by atoms with Crippen molar-refractivity contribution in [1.29, 1.82) is 0 Å². The van der Waals surface area contributed by atoms with E-state index in [1.165, 1.54) is 0 Å². The number of nitrogens with two attached hydrogens (primary N) is 1. The van der Waals surface area contributed by atoms with Crippen LogP contribution in [0.15, 0.2) is 48.7 Å². The van der Waals surface area contributed by atoms with Gasteiger partial charge in [0.25, 0.3) is 0 Å². The molecule has 0 fully saturated rings. The second kappa shape index (κ2) is 14.2. The molecular weight excluding hydrogens is 444 g/mol. The number of nitrogens with one attached hydrogen (secondary N) is 3. The van der Waals surface area contributed by atoms with Gasteiger partial charge in [-0.1, -0.05) is 29.8 Å². The molecule has 0 amide bonds. The summed E-state index contributed by atoms with van der Waals surface area (Å²) < 4.78 is 10.8. The Labute approximate surface area is 198 Å². The number of pyridine rings is 1. The number of hydrogen-bond donors (Lipinski definition) is 4. The SMILES string of the molecule is NCCOCCOCCNc1nc(NCc2ccc(Cl)cc2)nc(NCc2ccccn2)n1. The van der Waals surface area contributed by atoms with Crippen LogP contribution in [0, 0.1) is 0 Å². The number of benzene rings is 1. The normalized spacial score (nSPS) is 10.7. The highest BCUT2D eigenvalue weighted by atomic mass is 35.5. The van der Waals surface area contributed by atoms with Gasteiger partial charge in [0.1, 0.15) is 0 Å². The third-order valence-corrected chi connectivity index (χ3v) is 4.57. The highest BCUT2D eigenvalue weighted by molar-refractivity contribution is 6.30. The van der Waals surface area contributed by atoms with Crippen molar-refractivity contribution < 1.29 is 9.47 Å². The first kappa shape index (κ1) is 24.6. The maximum atomic E-state index is 5.96. The molecule has 0 aliphatic carbocycles. The fraction of sp³-hybridized carbons (Fsp3) is 0.364. The number of hydrogen-bond acceptors (Lipinski definition) is 10. The van der Waals surface area contributed by atoms with E-state index in [-0.39, 0.29) is 0 Å². The zero-order valence-corrected chi connectivity index (χ0v) is 19.1. The molecule has 0 spiro atoms. The lowest BCUT2D eigenvalue weighted by atomic mass is 10.2. The van der Waals surface area contributed by atoms with Crippen LogP contribution in [0.25, 0.3) is 0 Å². The number of aromatic nitrogens is 4. The van der Waals surface area contributed by atoms with E-state index < -0.39 is 0 Å². The molecule has 176 valence electrons. The summed E-state index contributed by atoms with van der Waals surface area (Å²) in [6, 6.07) is 13.3. The Morgan fingerprint density at radius 2 is 1.42 bits per heavy atom. The van der Waals surface area contributed by atoms with Crippen LogP contribution in [0.1, 0.15) is 11.3 Å². The van der Waals surface area contributed by atoms with Crippen molar-refractivity contribution in [3.8, 4) is 0 Å². The molecule has 2 aromatic heterocycles. The molecule has 1 aromatic carbocycles. The van der Waals surface area contributed by atoms with Crippen LogP contribution in [0.3, 0.4) is 0 Å². The Balaban J connectivity index is 1.56. The van der Waals surface area contributed by atoms with Gasteiger partial charge in [-0.05, 0) is 29.8 Å². The zero-order valence-electron chi connectivity index (χ0n) is 18.3. The summed E-state index contributed by atoms with van der Waals surface area (Å²) in [4.78, 5) is 17.7. The minimum Gasteiger partial charge on any atom is -0.378 e. The predicted molar refractivity (Wildman–Crippen MR) is 129 cm³/mol. The summed E-state index contributed by atoms with van der Waals surface area (Å²) in [5.74, 6) is 1.32. The average Bonchev–Trinajstić information content (AvgIpc) is 2.85. The number of halogens is 1. The van der Waals surface area contributed by atoms with E-state index >= 15 is 0 Å². The Hall–Kier alpha value is -3.05. The highest BCUT2D eigenvalue weighted by Crippen LogP contribution is 2.13. The summed E-state index contributed by atoms with van der Waals surface area (Å²) in [7, 11) is 0. The van der Waals surface area contributed by atoms with Crippen molar-refractivity contribution in [1.82, 2.24) is 19.9 Å². The highest BCUT2D eigenvalue weighted by Gasteiger charge is 2.07. The fourth-order valence-electron chi connectivity index (χ4n) is 2.71. The molecule has 5 N–H and O–H groups in total. The van der Waals surface area contributed by atoms with Crippen LogP contribution in [0.5, 0.6) is 0 Å². The molecule has 0 saturated heterocycles. The van der Waals surface area contributed by atoms with Crippen molar-refractivity contribution in [3.63, 3.8) is 0 Å². The first-order valence-electron chi connectivity index (χ1n) is 10.7. The van der Waals surface area contributed by atoms with E-state index in [9.17, 15) is 0 Å². The first-order chi connectivity index (χ1) is 16.2. The lowest BCUT2D eigenvalue weighted by Gasteiger charge is -2.12. The molecule has 0 aliphatic heterocycles. The monoisotopic (exact) mass is 472 g/mol. The molecule has 0 atom stereocenters. The van der Waals surface area contributed by atoms with Crippen molar-refractivity contribution in [3.05, 3.63) is 64.9 Å². The molecule has 0 unspecified atom stereocenters. The number of rotatable bonds is 15. The Morgan fingerprint density at radius 3 is 2.09 bits per heavy atom. The molecule has 11 heteroatoms. The minimum atomic E-state index is 0.438. The van der Waals surface area contributed by atoms with Crippen molar-refractivity contribution in [2.45, 2.75) is 13.1 Å². The van der Waals surface area contributed by atoms with E-state index in [0.717, 1.165) is 11.3 Å². The van der Waals surface area contributed by atoms with Gasteiger partial charge < -0.3 is 31.2 Å². The van der Waals surface area contributed by atoms with Crippen molar-refractivity contribution in [2.75, 3.05) is 55.5 Å². The maximum absolute atomic E-state index is 5.96. The minimum absolute atomic E-state index is 0.438. The van der Waals surface area contributed by atoms with Gasteiger partial charge in [0.15, 0.2) is 0 Å². The van der Waals surface area contributed by atoms with Gasteiger partial charge in [0, 0.05) is 30.9 Å². The molecule has 0 aliphatic rings. The summed E-state index contributed by atoms with van der Waals surface area (Å²) in [6.07, 6.45) is 1.75. The second-order valence-electron chi connectivity index (χ2n) is 6.90. The van der Waals surface area contributed by atoms with Gasteiger partial charge in [-0.2, -0.15) is 15.0 Å². The van der Waals surface area contributed by atoms with Crippen LogP contribution >= 0.6 is 11.6 Å². The molecule has 33 heavy (non-hydrogen) atoms. The number of ether oxygens (including phenoxy) is 2. The lowest BCUT2D eigenvalue weighted by Crippen LogP contribution is -2.17. The van der Waals surface area contributed by atoms with Crippen LogP contribution in [-0.2, 0) is 22.6 Å². The quantitative estimate of drug-likeness (QED) is 0.244. The smallest absolute Gasteiger partial charge is 0.229 e. The van der Waals surface area contributed by atoms with Gasteiger partial charge >= 0.3 is 0 Å². The predicted octanol–water partition coefficient (Wildman–Crippen LogP) is 2.55. The van der Waals surface area contributed by atoms with E-state index in [2.05, 4.69) is 35.9 Å². The van der Waals surface area contributed by atoms with E-state index in [0.29, 0.717) is 75.5 Å². The molecule has 10 nitrogen and oxygen atoms in total. The Morgan fingerprint density at radius 1 is 0.758 bits per heavy atom. The summed E-state index contributed by atoms with van der Waals surface area (Å²) in [5, 5.41) is 10.3. The van der Waals surface area contributed by atoms with Crippen molar-refractivity contribution in [2.24, 2.45) is 5.73 Å². The van der Waals surface area contributed by atoms with Gasteiger partial charge in [-0.3, -0.25) is 4.98 Å². The van der Waals surface area contributed by atoms with E-state index in [1.807, 2.05) is 42.5 Å². The third kappa shape index (κ3) is 9.54. The van der Waals surface area contributed by atoms with Gasteiger partial charge in [0.05, 0.1) is 38.7 Å². The topological polar surface area (TPSA) is 132 Å². The van der Waals surface area contributed by atoms with Crippen LogP contribution in [0.2, 0.25) is 5.02 Å². The summed E-state index contributed by atoms with van der Waals surface area (Å²) >= 11 is 5.96. The molecule has 0 bridgehead atoms. The Bertz CT molecular complexity index is 947. The van der Waals surface area contributed by atoms with Gasteiger partial charge in [-0.25, -0.2) is 0 Å².